The largest absolute Gasteiger partial charge is 0.339 e. The zero-order chi connectivity index (χ0) is 17.3. The number of nitrogens with zero attached hydrogens (tertiary/aromatic N) is 2. The standard InChI is InChI=1S/C16H22FN3O3S/c17-15-10-13(24(22,23)20-9-3-4-12(18)11-20)5-6-14(15)16(21)19-7-1-2-8-19/h5-6,10,12H,1-4,7-9,11,18H2. The maximum Gasteiger partial charge on any atom is 0.256 e. The first-order valence-electron chi connectivity index (χ1n) is 8.24. The minimum absolute atomic E-state index is 0.0776. The summed E-state index contributed by atoms with van der Waals surface area (Å²) >= 11 is 0. The lowest BCUT2D eigenvalue weighted by molar-refractivity contribution is 0.0788. The molecule has 1 atom stereocenters. The van der Waals surface area contributed by atoms with E-state index in [9.17, 15) is 17.6 Å². The summed E-state index contributed by atoms with van der Waals surface area (Å²) in [7, 11) is -3.79. The van der Waals surface area contributed by atoms with Crippen LogP contribution in [0.3, 0.4) is 0 Å². The molecule has 1 unspecified atom stereocenters. The first-order chi connectivity index (χ1) is 11.4. The molecular weight excluding hydrogens is 333 g/mol. The van der Waals surface area contributed by atoms with Gasteiger partial charge in [-0.1, -0.05) is 0 Å². The minimum atomic E-state index is -3.79. The molecule has 0 saturated carbocycles. The Balaban J connectivity index is 1.84. The molecule has 24 heavy (non-hydrogen) atoms. The van der Waals surface area contributed by atoms with Crippen LogP contribution < -0.4 is 5.73 Å². The Labute approximate surface area is 141 Å². The quantitative estimate of drug-likeness (QED) is 0.882. The summed E-state index contributed by atoms with van der Waals surface area (Å²) in [5, 5.41) is 0. The lowest BCUT2D eigenvalue weighted by Gasteiger charge is -2.29. The van der Waals surface area contributed by atoms with Crippen LogP contribution in [0.4, 0.5) is 4.39 Å². The first-order valence-corrected chi connectivity index (χ1v) is 9.68. The van der Waals surface area contributed by atoms with E-state index in [1.54, 1.807) is 4.90 Å². The van der Waals surface area contributed by atoms with Gasteiger partial charge in [-0.05, 0) is 43.9 Å². The summed E-state index contributed by atoms with van der Waals surface area (Å²) in [6.45, 7) is 1.85. The number of benzene rings is 1. The predicted molar refractivity (Wildman–Crippen MR) is 87.5 cm³/mol. The smallest absolute Gasteiger partial charge is 0.256 e. The molecule has 2 saturated heterocycles. The number of amides is 1. The van der Waals surface area contributed by atoms with Crippen LogP contribution in [-0.2, 0) is 10.0 Å². The number of rotatable bonds is 3. The maximum atomic E-state index is 14.4. The van der Waals surface area contributed by atoms with Crippen LogP contribution in [-0.4, -0.2) is 55.8 Å². The van der Waals surface area contributed by atoms with Crippen LogP contribution in [0.15, 0.2) is 23.1 Å². The number of sulfonamides is 1. The number of hydrogen-bond donors (Lipinski definition) is 1. The molecule has 2 aliphatic heterocycles. The average Bonchev–Trinajstić information content (AvgIpc) is 3.08. The number of halogens is 1. The molecule has 1 aromatic rings. The van der Waals surface area contributed by atoms with Crippen molar-refractivity contribution in [2.75, 3.05) is 26.2 Å². The van der Waals surface area contributed by atoms with Gasteiger partial charge in [-0.25, -0.2) is 12.8 Å². The summed E-state index contributed by atoms with van der Waals surface area (Å²) in [6.07, 6.45) is 3.29. The molecule has 0 radical (unpaired) electrons. The second-order valence-electron chi connectivity index (χ2n) is 6.41. The molecule has 132 valence electrons. The molecular formula is C16H22FN3O3S. The van der Waals surface area contributed by atoms with Gasteiger partial charge < -0.3 is 10.6 Å². The number of carbonyl (C=O) groups excluding carboxylic acids is 1. The summed E-state index contributed by atoms with van der Waals surface area (Å²) in [5.74, 6) is -1.18. The Morgan fingerprint density at radius 2 is 1.88 bits per heavy atom. The summed E-state index contributed by atoms with van der Waals surface area (Å²) in [6, 6.07) is 3.32. The molecule has 2 fully saturated rings. The van der Waals surface area contributed by atoms with Crippen molar-refractivity contribution < 1.29 is 17.6 Å². The molecule has 0 bridgehead atoms. The molecule has 2 aliphatic rings. The second kappa shape index (κ2) is 6.78. The van der Waals surface area contributed by atoms with Crippen molar-refractivity contribution in [1.82, 2.24) is 9.21 Å². The van der Waals surface area contributed by atoms with Crippen molar-refractivity contribution in [3.63, 3.8) is 0 Å². The fraction of sp³-hybridized carbons (Fsp3) is 0.562. The predicted octanol–water partition coefficient (Wildman–Crippen LogP) is 1.17. The fourth-order valence-electron chi connectivity index (χ4n) is 3.26. The third kappa shape index (κ3) is 3.31. The van der Waals surface area contributed by atoms with Crippen LogP contribution in [0.5, 0.6) is 0 Å². The summed E-state index contributed by atoms with van der Waals surface area (Å²) in [4.78, 5) is 13.7. The van der Waals surface area contributed by atoms with Crippen molar-refractivity contribution in [1.29, 1.82) is 0 Å². The van der Waals surface area contributed by atoms with Crippen molar-refractivity contribution in [3.05, 3.63) is 29.6 Å². The third-order valence-electron chi connectivity index (χ3n) is 4.62. The zero-order valence-electron chi connectivity index (χ0n) is 13.4. The molecule has 8 heteroatoms. The van der Waals surface area contributed by atoms with Gasteiger partial charge in [0.25, 0.3) is 5.91 Å². The van der Waals surface area contributed by atoms with Gasteiger partial charge in [-0.3, -0.25) is 4.79 Å². The lowest BCUT2D eigenvalue weighted by atomic mass is 10.1. The number of carbonyl (C=O) groups is 1. The Hall–Kier alpha value is -1.51. The van der Waals surface area contributed by atoms with Crippen molar-refractivity contribution >= 4 is 15.9 Å². The summed E-state index contributed by atoms with van der Waals surface area (Å²) in [5.41, 5.74) is 5.76. The number of piperidine rings is 1. The van der Waals surface area contributed by atoms with Gasteiger partial charge in [0.05, 0.1) is 10.5 Å². The highest BCUT2D eigenvalue weighted by Crippen LogP contribution is 2.23. The van der Waals surface area contributed by atoms with Gasteiger partial charge in [0.2, 0.25) is 10.0 Å². The Kier molecular flexibility index (Phi) is 4.89. The molecule has 6 nitrogen and oxygen atoms in total. The monoisotopic (exact) mass is 355 g/mol. The minimum Gasteiger partial charge on any atom is -0.339 e. The molecule has 1 aromatic carbocycles. The van der Waals surface area contributed by atoms with E-state index >= 15 is 0 Å². The molecule has 2 heterocycles. The van der Waals surface area contributed by atoms with E-state index < -0.39 is 15.8 Å². The van der Waals surface area contributed by atoms with E-state index in [1.165, 1.54) is 16.4 Å². The van der Waals surface area contributed by atoms with Gasteiger partial charge in [-0.2, -0.15) is 4.31 Å². The van der Waals surface area contributed by atoms with Gasteiger partial charge in [0.1, 0.15) is 5.82 Å². The van der Waals surface area contributed by atoms with Crippen LogP contribution in [0.25, 0.3) is 0 Å². The Bertz CT molecular complexity index is 732. The molecule has 0 aromatic heterocycles. The van der Waals surface area contributed by atoms with E-state index in [4.69, 9.17) is 5.73 Å². The highest BCUT2D eigenvalue weighted by Gasteiger charge is 2.30. The number of likely N-dealkylation sites (tertiary alicyclic amines) is 1. The van der Waals surface area contributed by atoms with Crippen molar-refractivity contribution in [2.45, 2.75) is 36.6 Å². The average molecular weight is 355 g/mol. The van der Waals surface area contributed by atoms with Gasteiger partial charge in [0.15, 0.2) is 0 Å². The molecule has 3 rings (SSSR count). The highest BCUT2D eigenvalue weighted by molar-refractivity contribution is 7.89. The van der Waals surface area contributed by atoms with E-state index in [2.05, 4.69) is 0 Å². The topological polar surface area (TPSA) is 83.7 Å². The van der Waals surface area contributed by atoms with Gasteiger partial charge in [0, 0.05) is 32.2 Å². The van der Waals surface area contributed by atoms with Crippen molar-refractivity contribution in [3.8, 4) is 0 Å². The van der Waals surface area contributed by atoms with E-state index in [-0.39, 0.29) is 29.0 Å². The maximum absolute atomic E-state index is 14.4. The number of nitrogens with two attached hydrogens (primary N) is 1. The van der Waals surface area contributed by atoms with Crippen LogP contribution >= 0.6 is 0 Å². The van der Waals surface area contributed by atoms with Gasteiger partial charge >= 0.3 is 0 Å². The zero-order valence-corrected chi connectivity index (χ0v) is 14.3. The van der Waals surface area contributed by atoms with Crippen LogP contribution in [0, 0.1) is 5.82 Å². The molecule has 0 aliphatic carbocycles. The molecule has 0 spiro atoms. The number of hydrogen-bond acceptors (Lipinski definition) is 4. The Morgan fingerprint density at radius 1 is 1.17 bits per heavy atom. The normalized spacial score (nSPS) is 22.8. The van der Waals surface area contributed by atoms with E-state index in [1.807, 2.05) is 0 Å². The van der Waals surface area contributed by atoms with E-state index in [0.29, 0.717) is 26.1 Å². The van der Waals surface area contributed by atoms with Crippen molar-refractivity contribution in [2.24, 2.45) is 5.73 Å². The Morgan fingerprint density at radius 3 is 2.50 bits per heavy atom. The second-order valence-corrected chi connectivity index (χ2v) is 8.34. The molecule has 2 N–H and O–H groups in total. The fourth-order valence-corrected chi connectivity index (χ4v) is 4.81. The summed E-state index contributed by atoms with van der Waals surface area (Å²) < 4.78 is 40.9. The third-order valence-corrected chi connectivity index (χ3v) is 6.48. The van der Waals surface area contributed by atoms with E-state index in [0.717, 1.165) is 25.3 Å². The SMILES string of the molecule is NC1CCCN(S(=O)(=O)c2ccc(C(=O)N3CCCC3)c(F)c2)C1. The highest BCUT2D eigenvalue weighted by atomic mass is 32.2. The van der Waals surface area contributed by atoms with Crippen LogP contribution in [0.2, 0.25) is 0 Å². The first kappa shape index (κ1) is 17.3. The van der Waals surface area contributed by atoms with Crippen LogP contribution in [0.1, 0.15) is 36.0 Å². The molecule has 1 amide bonds. The lowest BCUT2D eigenvalue weighted by Crippen LogP contribution is -2.45. The van der Waals surface area contributed by atoms with Gasteiger partial charge in [-0.15, -0.1) is 0 Å².